The smallest absolute Gasteiger partial charge is 0.307 e. The molecule has 0 fully saturated rings. The fourth-order valence-corrected chi connectivity index (χ4v) is 3.92. The molecule has 0 saturated carbocycles. The van der Waals surface area contributed by atoms with Crippen molar-refractivity contribution in [3.63, 3.8) is 0 Å². The van der Waals surface area contributed by atoms with E-state index < -0.39 is 5.91 Å². The Labute approximate surface area is 195 Å². The van der Waals surface area contributed by atoms with Gasteiger partial charge in [-0.05, 0) is 43.3 Å². The second-order valence-electron chi connectivity index (χ2n) is 7.76. The first-order chi connectivity index (χ1) is 16.6. The molecule has 2 heterocycles. The molecule has 3 aromatic carbocycles. The van der Waals surface area contributed by atoms with Crippen LogP contribution in [0.5, 0.6) is 5.75 Å². The predicted octanol–water partition coefficient (Wildman–Crippen LogP) is 5.74. The number of carbonyl (C=O) groups is 1. The Morgan fingerprint density at radius 2 is 1.94 bits per heavy atom. The normalized spacial score (nSPS) is 11.5. The Morgan fingerprint density at radius 3 is 2.79 bits per heavy atom. The van der Waals surface area contributed by atoms with Crippen LogP contribution >= 0.6 is 0 Å². The summed E-state index contributed by atoms with van der Waals surface area (Å²) in [7, 11) is 0. The predicted molar refractivity (Wildman–Crippen MR) is 130 cm³/mol. The zero-order valence-electron chi connectivity index (χ0n) is 18.5. The summed E-state index contributed by atoms with van der Waals surface area (Å²) in [5.74, 6) is 0.165. The summed E-state index contributed by atoms with van der Waals surface area (Å²) in [5.41, 5.74) is 5.45. The van der Waals surface area contributed by atoms with E-state index in [-0.39, 0.29) is 11.6 Å². The van der Waals surface area contributed by atoms with Gasteiger partial charge >= 0.3 is 5.91 Å². The number of rotatable bonds is 7. The Bertz CT molecular complexity index is 1520. The number of nitrogens with zero attached hydrogens (tertiary/aromatic N) is 2. The summed E-state index contributed by atoms with van der Waals surface area (Å²) in [5, 5.41) is 5.85. The van der Waals surface area contributed by atoms with Crippen molar-refractivity contribution in [2.45, 2.75) is 13.5 Å². The number of furan rings is 1. The summed E-state index contributed by atoms with van der Waals surface area (Å²) >= 11 is 0. The monoisotopic (exact) mass is 455 g/mol. The minimum absolute atomic E-state index is 0.155. The SMILES string of the molecule is CCOc1ccc2oc(C(=O)N/N=C/c3cn(Cc4ccccc4F)c4ccccc34)cc2c1. The van der Waals surface area contributed by atoms with Crippen molar-refractivity contribution in [1.29, 1.82) is 0 Å². The summed E-state index contributed by atoms with van der Waals surface area (Å²) < 4.78 is 27.3. The Hall–Kier alpha value is -4.39. The van der Waals surface area contributed by atoms with Crippen LogP contribution in [0.2, 0.25) is 0 Å². The molecule has 170 valence electrons. The molecule has 0 spiro atoms. The van der Waals surface area contributed by atoms with Crippen LogP contribution in [0.4, 0.5) is 4.39 Å². The van der Waals surface area contributed by atoms with Crippen LogP contribution in [0.1, 0.15) is 28.6 Å². The van der Waals surface area contributed by atoms with Gasteiger partial charge in [-0.1, -0.05) is 36.4 Å². The molecule has 7 heteroatoms. The zero-order chi connectivity index (χ0) is 23.5. The molecule has 0 aliphatic rings. The Kier molecular flexibility index (Phi) is 5.82. The van der Waals surface area contributed by atoms with Crippen molar-refractivity contribution in [1.82, 2.24) is 9.99 Å². The molecule has 0 saturated heterocycles. The van der Waals surface area contributed by atoms with Gasteiger partial charge in [0.1, 0.15) is 17.1 Å². The van der Waals surface area contributed by atoms with E-state index in [1.54, 1.807) is 36.5 Å². The minimum Gasteiger partial charge on any atom is -0.494 e. The van der Waals surface area contributed by atoms with Crippen molar-refractivity contribution in [2.24, 2.45) is 5.10 Å². The second-order valence-corrected chi connectivity index (χ2v) is 7.76. The average molecular weight is 455 g/mol. The van der Waals surface area contributed by atoms with Crippen molar-refractivity contribution >= 4 is 34.0 Å². The van der Waals surface area contributed by atoms with Gasteiger partial charge < -0.3 is 13.7 Å². The number of benzene rings is 3. The topological polar surface area (TPSA) is 68.8 Å². The van der Waals surface area contributed by atoms with Gasteiger partial charge in [0, 0.05) is 33.6 Å². The Balaban J connectivity index is 1.35. The lowest BCUT2D eigenvalue weighted by atomic mass is 10.2. The zero-order valence-corrected chi connectivity index (χ0v) is 18.5. The lowest BCUT2D eigenvalue weighted by Crippen LogP contribution is -2.16. The van der Waals surface area contributed by atoms with Crippen LogP contribution in [0.15, 0.2) is 88.5 Å². The van der Waals surface area contributed by atoms with Crippen LogP contribution in [0.25, 0.3) is 21.9 Å². The van der Waals surface area contributed by atoms with Gasteiger partial charge in [-0.2, -0.15) is 5.10 Å². The lowest BCUT2D eigenvalue weighted by molar-refractivity contribution is 0.0929. The highest BCUT2D eigenvalue weighted by molar-refractivity contribution is 6.01. The third kappa shape index (κ3) is 4.28. The van der Waals surface area contributed by atoms with Crippen molar-refractivity contribution in [3.8, 4) is 5.75 Å². The number of hydrogen-bond acceptors (Lipinski definition) is 4. The summed E-state index contributed by atoms with van der Waals surface area (Å²) in [6, 6.07) is 21.6. The molecule has 0 radical (unpaired) electrons. The van der Waals surface area contributed by atoms with Crippen molar-refractivity contribution in [3.05, 3.63) is 102 Å². The number of nitrogens with one attached hydrogen (secondary N) is 1. The van der Waals surface area contributed by atoms with E-state index in [4.69, 9.17) is 9.15 Å². The highest BCUT2D eigenvalue weighted by atomic mass is 19.1. The molecule has 0 unspecified atom stereocenters. The number of ether oxygens (including phenoxy) is 1. The van der Waals surface area contributed by atoms with Crippen molar-refractivity contribution < 1.29 is 18.3 Å². The first-order valence-electron chi connectivity index (χ1n) is 10.9. The molecule has 34 heavy (non-hydrogen) atoms. The fourth-order valence-electron chi connectivity index (χ4n) is 3.92. The highest BCUT2D eigenvalue weighted by Crippen LogP contribution is 2.25. The highest BCUT2D eigenvalue weighted by Gasteiger charge is 2.13. The van der Waals surface area contributed by atoms with Crippen molar-refractivity contribution in [2.75, 3.05) is 6.61 Å². The molecule has 6 nitrogen and oxygen atoms in total. The van der Waals surface area contributed by atoms with Gasteiger partial charge in [0.2, 0.25) is 0 Å². The first-order valence-corrected chi connectivity index (χ1v) is 10.9. The quantitative estimate of drug-likeness (QED) is 0.251. The van der Waals surface area contributed by atoms with Gasteiger partial charge in [0.25, 0.3) is 0 Å². The van der Waals surface area contributed by atoms with Crippen LogP contribution in [-0.4, -0.2) is 23.3 Å². The lowest BCUT2D eigenvalue weighted by Gasteiger charge is -2.06. The number of carbonyl (C=O) groups excluding carboxylic acids is 1. The van der Waals surface area contributed by atoms with E-state index in [1.807, 2.05) is 54.1 Å². The van der Waals surface area contributed by atoms with Crippen LogP contribution in [0.3, 0.4) is 0 Å². The molecule has 0 bridgehead atoms. The first kappa shape index (κ1) is 21.5. The maximum Gasteiger partial charge on any atom is 0.307 e. The van der Waals surface area contributed by atoms with Gasteiger partial charge in [-0.3, -0.25) is 4.79 Å². The number of halogens is 1. The third-order valence-electron chi connectivity index (χ3n) is 5.51. The molecule has 1 N–H and O–H groups in total. The van der Waals surface area contributed by atoms with Crippen LogP contribution < -0.4 is 10.2 Å². The minimum atomic E-state index is -0.458. The van der Waals surface area contributed by atoms with Gasteiger partial charge in [0.05, 0.1) is 19.4 Å². The molecule has 0 atom stereocenters. The van der Waals surface area contributed by atoms with Gasteiger partial charge in [0.15, 0.2) is 5.76 Å². The van der Waals surface area contributed by atoms with Gasteiger partial charge in [-0.25, -0.2) is 9.82 Å². The molecule has 5 rings (SSSR count). The van der Waals surface area contributed by atoms with Crippen LogP contribution in [-0.2, 0) is 6.54 Å². The van der Waals surface area contributed by atoms with E-state index >= 15 is 0 Å². The number of hydrazone groups is 1. The summed E-state index contributed by atoms with van der Waals surface area (Å²) in [4.78, 5) is 12.6. The molecule has 0 aliphatic carbocycles. The van der Waals surface area contributed by atoms with Crippen LogP contribution in [0, 0.1) is 5.82 Å². The number of fused-ring (bicyclic) bond motifs is 2. The number of para-hydroxylation sites is 1. The Morgan fingerprint density at radius 1 is 1.12 bits per heavy atom. The van der Waals surface area contributed by atoms with E-state index in [2.05, 4.69) is 10.5 Å². The van der Waals surface area contributed by atoms with E-state index in [0.717, 1.165) is 21.9 Å². The van der Waals surface area contributed by atoms with E-state index in [9.17, 15) is 9.18 Å². The van der Waals surface area contributed by atoms with E-state index in [1.165, 1.54) is 6.07 Å². The largest absolute Gasteiger partial charge is 0.494 e. The van der Waals surface area contributed by atoms with E-state index in [0.29, 0.717) is 30.0 Å². The summed E-state index contributed by atoms with van der Waals surface area (Å²) in [6.07, 6.45) is 3.47. The summed E-state index contributed by atoms with van der Waals surface area (Å²) in [6.45, 7) is 2.85. The molecule has 0 aliphatic heterocycles. The maximum absolute atomic E-state index is 14.2. The van der Waals surface area contributed by atoms with Gasteiger partial charge in [-0.15, -0.1) is 0 Å². The average Bonchev–Trinajstić information content (AvgIpc) is 3.42. The molecule has 2 aromatic heterocycles. The second kappa shape index (κ2) is 9.23. The fraction of sp³-hybridized carbons (Fsp3) is 0.111. The number of hydrogen-bond donors (Lipinski definition) is 1. The maximum atomic E-state index is 14.2. The molecular formula is C27H22FN3O3. The number of amides is 1. The number of aromatic nitrogens is 1. The third-order valence-corrected chi connectivity index (χ3v) is 5.51. The molecular weight excluding hydrogens is 433 g/mol. The molecule has 5 aromatic rings. The standard InChI is InChI=1S/C27H22FN3O3/c1-2-33-21-11-12-25-19(13-21)14-26(34-25)27(32)30-29-15-20-17-31(24-10-6-4-8-22(20)24)16-18-7-3-5-9-23(18)28/h3-15,17H,2,16H2,1H3,(H,30,32)/b29-15+. The molecule has 1 amide bonds.